The van der Waals surface area contributed by atoms with E-state index in [2.05, 4.69) is 14.5 Å². The second-order valence-corrected chi connectivity index (χ2v) is 3.02. The van der Waals surface area contributed by atoms with Crippen LogP contribution in [0.4, 0.5) is 22.0 Å². The first-order chi connectivity index (χ1) is 7.76. The third-order valence-electron chi connectivity index (χ3n) is 1.94. The molecule has 96 valence electrons. The Kier molecular flexibility index (Phi) is 3.74. The zero-order valence-electron chi connectivity index (χ0n) is 8.81. The summed E-state index contributed by atoms with van der Waals surface area (Å²) in [6, 6.07) is 0. The SMILES string of the molecule is COc1cnc(OC(F)(F)F)c(C)c1C(F)F. The van der Waals surface area contributed by atoms with Crippen molar-refractivity contribution in [3.8, 4) is 11.6 Å². The summed E-state index contributed by atoms with van der Waals surface area (Å²) in [5.41, 5.74) is -1.07. The van der Waals surface area contributed by atoms with Gasteiger partial charge in [0, 0.05) is 5.56 Å². The Morgan fingerprint density at radius 1 is 1.29 bits per heavy atom. The molecule has 0 aliphatic carbocycles. The normalized spacial score (nSPS) is 11.8. The van der Waals surface area contributed by atoms with Crippen LogP contribution in [0.25, 0.3) is 0 Å². The minimum absolute atomic E-state index is 0.285. The topological polar surface area (TPSA) is 31.4 Å². The van der Waals surface area contributed by atoms with E-state index in [0.717, 1.165) is 20.2 Å². The Hall–Kier alpha value is -1.60. The summed E-state index contributed by atoms with van der Waals surface area (Å²) in [5, 5.41) is 0. The lowest BCUT2D eigenvalue weighted by atomic mass is 10.1. The standard InChI is InChI=1S/C9H8F5NO2/c1-4-6(7(10)11)5(16-2)3-15-8(4)17-9(12,13)14/h3,7H,1-2H3. The lowest BCUT2D eigenvalue weighted by Crippen LogP contribution is -2.19. The third kappa shape index (κ3) is 3.18. The van der Waals surface area contributed by atoms with Gasteiger partial charge >= 0.3 is 6.36 Å². The number of rotatable bonds is 3. The van der Waals surface area contributed by atoms with Gasteiger partial charge in [-0.3, -0.25) is 0 Å². The molecular weight excluding hydrogens is 249 g/mol. The van der Waals surface area contributed by atoms with E-state index >= 15 is 0 Å². The van der Waals surface area contributed by atoms with Gasteiger partial charge in [0.2, 0.25) is 5.88 Å². The van der Waals surface area contributed by atoms with Gasteiger partial charge < -0.3 is 9.47 Å². The molecule has 0 atom stereocenters. The van der Waals surface area contributed by atoms with Crippen molar-refractivity contribution in [3.05, 3.63) is 17.3 Å². The molecule has 1 heterocycles. The highest BCUT2D eigenvalue weighted by atomic mass is 19.4. The lowest BCUT2D eigenvalue weighted by Gasteiger charge is -2.15. The molecule has 0 saturated heterocycles. The van der Waals surface area contributed by atoms with E-state index in [-0.39, 0.29) is 5.75 Å². The zero-order chi connectivity index (χ0) is 13.2. The average Bonchev–Trinajstić information content (AvgIpc) is 2.18. The molecule has 17 heavy (non-hydrogen) atoms. The lowest BCUT2D eigenvalue weighted by molar-refractivity contribution is -0.276. The Morgan fingerprint density at radius 3 is 2.29 bits per heavy atom. The first kappa shape index (κ1) is 13.5. The van der Waals surface area contributed by atoms with Crippen LogP contribution in [0.1, 0.15) is 17.6 Å². The van der Waals surface area contributed by atoms with Crippen LogP contribution in [0, 0.1) is 6.92 Å². The third-order valence-corrected chi connectivity index (χ3v) is 1.94. The van der Waals surface area contributed by atoms with E-state index in [1.54, 1.807) is 0 Å². The number of nitrogens with zero attached hydrogens (tertiary/aromatic N) is 1. The van der Waals surface area contributed by atoms with Gasteiger partial charge in [-0.15, -0.1) is 13.2 Å². The highest BCUT2D eigenvalue weighted by Gasteiger charge is 2.34. The van der Waals surface area contributed by atoms with Crippen LogP contribution < -0.4 is 9.47 Å². The summed E-state index contributed by atoms with van der Waals surface area (Å²) in [7, 11) is 1.12. The highest BCUT2D eigenvalue weighted by Crippen LogP contribution is 2.36. The predicted octanol–water partition coefficient (Wildman–Crippen LogP) is 3.23. The predicted molar refractivity (Wildman–Crippen MR) is 47.2 cm³/mol. The number of methoxy groups -OCH3 is 1. The minimum Gasteiger partial charge on any atom is -0.495 e. The highest BCUT2D eigenvalue weighted by molar-refractivity contribution is 5.43. The molecule has 0 aliphatic heterocycles. The largest absolute Gasteiger partial charge is 0.574 e. The van der Waals surface area contributed by atoms with Crippen molar-refractivity contribution in [2.24, 2.45) is 0 Å². The Balaban J connectivity index is 3.23. The van der Waals surface area contributed by atoms with Crippen molar-refractivity contribution in [2.75, 3.05) is 7.11 Å². The monoisotopic (exact) mass is 257 g/mol. The molecule has 0 amide bonds. The molecule has 0 fully saturated rings. The van der Waals surface area contributed by atoms with E-state index in [9.17, 15) is 22.0 Å². The van der Waals surface area contributed by atoms with Crippen molar-refractivity contribution in [3.63, 3.8) is 0 Å². The van der Waals surface area contributed by atoms with Crippen LogP contribution in [-0.2, 0) is 0 Å². The average molecular weight is 257 g/mol. The summed E-state index contributed by atoms with van der Waals surface area (Å²) in [5.74, 6) is -1.19. The fourth-order valence-electron chi connectivity index (χ4n) is 1.23. The molecule has 3 nitrogen and oxygen atoms in total. The summed E-state index contributed by atoms with van der Waals surface area (Å²) in [6.07, 6.45) is -7.20. The van der Waals surface area contributed by atoms with Crippen molar-refractivity contribution < 1.29 is 31.4 Å². The first-order valence-electron chi connectivity index (χ1n) is 4.33. The van der Waals surface area contributed by atoms with E-state index in [0.29, 0.717) is 0 Å². The first-order valence-corrected chi connectivity index (χ1v) is 4.33. The molecule has 0 bridgehead atoms. The molecular formula is C9H8F5NO2. The molecule has 8 heteroatoms. The number of hydrogen-bond donors (Lipinski definition) is 0. The molecule has 1 aromatic rings. The smallest absolute Gasteiger partial charge is 0.495 e. The quantitative estimate of drug-likeness (QED) is 0.779. The number of ether oxygens (including phenoxy) is 2. The van der Waals surface area contributed by atoms with Gasteiger partial charge in [0.15, 0.2) is 0 Å². The molecule has 0 saturated carbocycles. The van der Waals surface area contributed by atoms with Crippen molar-refractivity contribution >= 4 is 0 Å². The van der Waals surface area contributed by atoms with Gasteiger partial charge in [-0.2, -0.15) is 0 Å². The van der Waals surface area contributed by atoms with Gasteiger partial charge in [-0.1, -0.05) is 0 Å². The molecule has 0 radical (unpaired) electrons. The van der Waals surface area contributed by atoms with Crippen LogP contribution >= 0.6 is 0 Å². The molecule has 0 spiro atoms. The number of aromatic nitrogens is 1. The second kappa shape index (κ2) is 4.72. The summed E-state index contributed by atoms with van der Waals surface area (Å²) < 4.78 is 69.3. The Bertz CT molecular complexity index is 405. The number of halogens is 5. The molecule has 0 N–H and O–H groups in total. The van der Waals surface area contributed by atoms with E-state index in [1.807, 2.05) is 0 Å². The van der Waals surface area contributed by atoms with E-state index in [1.165, 1.54) is 0 Å². The van der Waals surface area contributed by atoms with Crippen LogP contribution in [0.2, 0.25) is 0 Å². The molecule has 0 aromatic carbocycles. The maximum atomic E-state index is 12.6. The number of hydrogen-bond acceptors (Lipinski definition) is 3. The van der Waals surface area contributed by atoms with Crippen LogP contribution in [0.15, 0.2) is 6.20 Å². The van der Waals surface area contributed by atoms with E-state index in [4.69, 9.17) is 0 Å². The maximum absolute atomic E-state index is 12.6. The molecule has 1 rings (SSSR count). The van der Waals surface area contributed by atoms with Gasteiger partial charge in [0.1, 0.15) is 5.75 Å². The number of alkyl halides is 5. The van der Waals surface area contributed by atoms with Crippen LogP contribution in [-0.4, -0.2) is 18.5 Å². The van der Waals surface area contributed by atoms with Gasteiger partial charge in [-0.05, 0) is 6.92 Å². The van der Waals surface area contributed by atoms with Gasteiger partial charge in [0.25, 0.3) is 6.43 Å². The fourth-order valence-corrected chi connectivity index (χ4v) is 1.23. The number of pyridine rings is 1. The van der Waals surface area contributed by atoms with Gasteiger partial charge in [-0.25, -0.2) is 13.8 Å². The van der Waals surface area contributed by atoms with Crippen molar-refractivity contribution in [1.29, 1.82) is 0 Å². The van der Waals surface area contributed by atoms with Crippen molar-refractivity contribution in [2.45, 2.75) is 19.7 Å². The summed E-state index contributed by atoms with van der Waals surface area (Å²) in [6.45, 7) is 1.05. The Labute approximate surface area is 93.2 Å². The zero-order valence-corrected chi connectivity index (χ0v) is 8.81. The summed E-state index contributed by atoms with van der Waals surface area (Å²) in [4.78, 5) is 3.28. The Morgan fingerprint density at radius 2 is 1.88 bits per heavy atom. The van der Waals surface area contributed by atoms with Crippen molar-refractivity contribution in [1.82, 2.24) is 4.98 Å². The molecule has 1 aromatic heterocycles. The molecule has 0 aliphatic rings. The molecule has 0 unspecified atom stereocenters. The summed E-state index contributed by atoms with van der Waals surface area (Å²) >= 11 is 0. The van der Waals surface area contributed by atoms with Crippen LogP contribution in [0.3, 0.4) is 0 Å². The van der Waals surface area contributed by atoms with E-state index < -0.39 is 29.8 Å². The maximum Gasteiger partial charge on any atom is 0.574 e. The van der Waals surface area contributed by atoms with Gasteiger partial charge in [0.05, 0.1) is 18.9 Å². The fraction of sp³-hybridized carbons (Fsp3) is 0.444. The second-order valence-electron chi connectivity index (χ2n) is 3.02. The minimum atomic E-state index is -4.98. The van der Waals surface area contributed by atoms with Crippen LogP contribution in [0.5, 0.6) is 11.6 Å².